The Morgan fingerprint density at radius 3 is 2.30 bits per heavy atom. The smallest absolute Gasteiger partial charge is 0.130 e. The van der Waals surface area contributed by atoms with E-state index in [0.717, 1.165) is 0 Å². The van der Waals surface area contributed by atoms with Crippen molar-refractivity contribution in [1.29, 1.82) is 0 Å². The number of unbranched alkanes of at least 4 members (excludes halogenated alkanes) is 2. The van der Waals surface area contributed by atoms with Crippen LogP contribution < -0.4 is 0 Å². The lowest BCUT2D eigenvalue weighted by molar-refractivity contribution is 0.552. The van der Waals surface area contributed by atoms with Gasteiger partial charge in [-0.25, -0.2) is 0 Å². The van der Waals surface area contributed by atoms with E-state index in [0.29, 0.717) is 5.04 Å². The molecule has 0 spiro atoms. The molecule has 0 saturated carbocycles. The van der Waals surface area contributed by atoms with Crippen LogP contribution >= 0.6 is 11.1 Å². The summed E-state index contributed by atoms with van der Waals surface area (Å²) in [6.45, 7) is 6.83. The summed E-state index contributed by atoms with van der Waals surface area (Å²) < 4.78 is 0. The third-order valence-electron chi connectivity index (χ3n) is 1.82. The molecule has 0 aromatic rings. The molecule has 0 amide bonds. The maximum Gasteiger partial charge on any atom is 0.130 e. The van der Waals surface area contributed by atoms with Crippen molar-refractivity contribution >= 4 is 19.9 Å². The molecule has 10 heavy (non-hydrogen) atoms. The molecule has 0 unspecified atom stereocenters. The van der Waals surface area contributed by atoms with Gasteiger partial charge in [-0.3, -0.25) is 0 Å². The fourth-order valence-corrected chi connectivity index (χ4v) is 1.70. The van der Waals surface area contributed by atoms with Crippen LogP contribution in [0, 0.1) is 0 Å². The van der Waals surface area contributed by atoms with Gasteiger partial charge in [-0.2, -0.15) is 11.1 Å². The zero-order valence-electron chi connectivity index (χ0n) is 7.41. The zero-order valence-corrected chi connectivity index (χ0v) is 9.58. The van der Waals surface area contributed by atoms with Gasteiger partial charge >= 0.3 is 0 Å². The molecule has 0 radical (unpaired) electrons. The summed E-state index contributed by atoms with van der Waals surface area (Å²) in [6.07, 6.45) is 5.38. The number of halogens is 1. The van der Waals surface area contributed by atoms with Crippen LogP contribution in [-0.4, -0.2) is 8.83 Å². The predicted molar refractivity (Wildman–Crippen MR) is 52.6 cm³/mol. The van der Waals surface area contributed by atoms with Crippen molar-refractivity contribution in [3.8, 4) is 0 Å². The summed E-state index contributed by atoms with van der Waals surface area (Å²) in [4.78, 5) is 0. The van der Waals surface area contributed by atoms with E-state index in [4.69, 9.17) is 11.1 Å². The SMILES string of the molecule is CCCCCC(C)(C)[SiH2]Cl. The Kier molecular flexibility index (Phi) is 5.46. The van der Waals surface area contributed by atoms with E-state index < -0.39 is 0 Å². The predicted octanol–water partition coefficient (Wildman–Crippen LogP) is 3.09. The Morgan fingerprint density at radius 2 is 1.90 bits per heavy atom. The number of rotatable bonds is 5. The second-order valence-electron chi connectivity index (χ2n) is 3.75. The van der Waals surface area contributed by atoms with Crippen molar-refractivity contribution in [2.24, 2.45) is 0 Å². The minimum Gasteiger partial charge on any atom is -0.176 e. The molecular weight excluding hydrogens is 160 g/mol. The maximum absolute atomic E-state index is 5.91. The minimum atomic E-state index is -0.314. The standard InChI is InChI=1S/C8H19ClSi/c1-4-5-6-7-8(2,3)10-9/h4-7,10H2,1-3H3. The topological polar surface area (TPSA) is 0 Å². The molecule has 0 N–H and O–H groups in total. The van der Waals surface area contributed by atoms with Gasteiger partial charge in [0.25, 0.3) is 0 Å². The van der Waals surface area contributed by atoms with E-state index in [1.54, 1.807) is 0 Å². The highest BCUT2D eigenvalue weighted by molar-refractivity contribution is 6.95. The van der Waals surface area contributed by atoms with E-state index in [9.17, 15) is 0 Å². The molecule has 0 aliphatic rings. The first kappa shape index (κ1) is 10.5. The van der Waals surface area contributed by atoms with Gasteiger partial charge in [0.1, 0.15) is 8.83 Å². The summed E-state index contributed by atoms with van der Waals surface area (Å²) in [6, 6.07) is 0. The largest absolute Gasteiger partial charge is 0.176 e. The molecule has 2 heteroatoms. The lowest BCUT2D eigenvalue weighted by atomic mass is 10.0. The highest BCUT2D eigenvalue weighted by Gasteiger charge is 2.15. The van der Waals surface area contributed by atoms with Crippen LogP contribution in [0.2, 0.25) is 5.04 Å². The van der Waals surface area contributed by atoms with Crippen LogP contribution in [0.25, 0.3) is 0 Å². The molecule has 0 heterocycles. The van der Waals surface area contributed by atoms with Gasteiger partial charge in [-0.15, -0.1) is 0 Å². The summed E-state index contributed by atoms with van der Waals surface area (Å²) in [5.74, 6) is 0. The molecule has 62 valence electrons. The van der Waals surface area contributed by atoms with Gasteiger partial charge in [0, 0.05) is 0 Å². The van der Waals surface area contributed by atoms with Crippen LogP contribution in [0.1, 0.15) is 46.5 Å². The van der Waals surface area contributed by atoms with Crippen molar-refractivity contribution in [3.05, 3.63) is 0 Å². The average Bonchev–Trinajstić information content (AvgIpc) is 1.89. The van der Waals surface area contributed by atoms with Crippen molar-refractivity contribution in [3.63, 3.8) is 0 Å². The summed E-state index contributed by atoms with van der Waals surface area (Å²) >= 11 is 5.91. The van der Waals surface area contributed by atoms with Gasteiger partial charge in [0.2, 0.25) is 0 Å². The Balaban J connectivity index is 3.28. The van der Waals surface area contributed by atoms with Crippen molar-refractivity contribution in [2.75, 3.05) is 0 Å². The van der Waals surface area contributed by atoms with E-state index in [2.05, 4.69) is 20.8 Å². The van der Waals surface area contributed by atoms with Crippen LogP contribution in [0.4, 0.5) is 0 Å². The fraction of sp³-hybridized carbons (Fsp3) is 1.00. The van der Waals surface area contributed by atoms with Crippen molar-refractivity contribution in [2.45, 2.75) is 51.5 Å². The van der Waals surface area contributed by atoms with E-state index >= 15 is 0 Å². The van der Waals surface area contributed by atoms with Crippen LogP contribution in [-0.2, 0) is 0 Å². The quantitative estimate of drug-likeness (QED) is 0.345. The first-order valence-corrected chi connectivity index (χ1v) is 7.03. The van der Waals surface area contributed by atoms with Gasteiger partial charge < -0.3 is 0 Å². The Labute approximate surface area is 71.9 Å². The molecule has 0 aliphatic heterocycles. The molecule has 0 atom stereocenters. The van der Waals surface area contributed by atoms with Crippen molar-refractivity contribution < 1.29 is 0 Å². The Morgan fingerprint density at radius 1 is 1.30 bits per heavy atom. The summed E-state index contributed by atoms with van der Waals surface area (Å²) in [5, 5.41) is 0.497. The molecule has 0 bridgehead atoms. The van der Waals surface area contributed by atoms with Crippen LogP contribution in [0.5, 0.6) is 0 Å². The highest BCUT2D eigenvalue weighted by atomic mass is 35.6. The Hall–Kier alpha value is 0.507. The number of hydrogen-bond acceptors (Lipinski definition) is 0. The van der Waals surface area contributed by atoms with Gasteiger partial charge in [0.15, 0.2) is 0 Å². The zero-order chi connectivity index (χ0) is 8.04. The molecular formula is C8H19ClSi. The Bertz CT molecular complexity index is 81.3. The minimum absolute atomic E-state index is 0.314. The molecule has 0 aromatic heterocycles. The average molecular weight is 179 g/mol. The van der Waals surface area contributed by atoms with Gasteiger partial charge in [-0.05, 0) is 11.5 Å². The first-order valence-electron chi connectivity index (χ1n) is 4.18. The second kappa shape index (κ2) is 5.20. The number of hydrogen-bond donors (Lipinski definition) is 0. The summed E-state index contributed by atoms with van der Waals surface area (Å²) in [7, 11) is -0.314. The lowest BCUT2D eigenvalue weighted by Crippen LogP contribution is -2.07. The molecule has 0 fully saturated rings. The lowest BCUT2D eigenvalue weighted by Gasteiger charge is -2.19. The third-order valence-corrected chi connectivity index (χ3v) is 5.07. The van der Waals surface area contributed by atoms with Gasteiger partial charge in [0.05, 0.1) is 0 Å². The molecule has 0 aliphatic carbocycles. The highest BCUT2D eigenvalue weighted by Crippen LogP contribution is 2.30. The van der Waals surface area contributed by atoms with E-state index in [1.165, 1.54) is 25.7 Å². The molecule has 0 aromatic carbocycles. The van der Waals surface area contributed by atoms with E-state index in [1.807, 2.05) is 0 Å². The molecule has 0 rings (SSSR count). The third kappa shape index (κ3) is 5.30. The summed E-state index contributed by atoms with van der Waals surface area (Å²) in [5.41, 5.74) is 0. The monoisotopic (exact) mass is 178 g/mol. The van der Waals surface area contributed by atoms with Gasteiger partial charge in [-0.1, -0.05) is 40.0 Å². The van der Waals surface area contributed by atoms with E-state index in [-0.39, 0.29) is 8.83 Å². The fourth-order valence-electron chi connectivity index (χ4n) is 0.920. The maximum atomic E-state index is 5.91. The first-order chi connectivity index (χ1) is 4.62. The molecule has 0 saturated heterocycles. The van der Waals surface area contributed by atoms with Crippen molar-refractivity contribution in [1.82, 2.24) is 0 Å². The van der Waals surface area contributed by atoms with Crippen LogP contribution in [0.15, 0.2) is 0 Å². The second-order valence-corrected chi connectivity index (χ2v) is 6.74. The van der Waals surface area contributed by atoms with Crippen LogP contribution in [0.3, 0.4) is 0 Å². The molecule has 0 nitrogen and oxygen atoms in total. The normalized spacial score (nSPS) is 13.2.